The van der Waals surface area contributed by atoms with E-state index in [0.717, 1.165) is 22.4 Å². The van der Waals surface area contributed by atoms with Crippen molar-refractivity contribution in [1.29, 1.82) is 0 Å². The standard InChI is InChI=1S/C57H40FN/c1-57(2)52-25-15-14-23-45(52)46-32-30-43(35-53(46)57)59(41-28-26-40(58)27-29-41)42-31-33-48-51(34-42)44-22-12-13-24-47(44)55-50(38-18-8-4-9-19-38)36-49(37-16-6-3-7-17-37)54(56(48)55)39-20-10-5-11-21-39/h3-36H,1-2H3. The Morgan fingerprint density at radius 1 is 0.356 bits per heavy atom. The molecule has 0 aliphatic heterocycles. The average molecular weight is 758 g/mol. The molecule has 0 N–H and O–H groups in total. The molecular formula is C57H40FN. The fourth-order valence-corrected chi connectivity index (χ4v) is 9.74. The number of halogens is 1. The van der Waals surface area contributed by atoms with Gasteiger partial charge in [-0.15, -0.1) is 0 Å². The molecule has 280 valence electrons. The Kier molecular flexibility index (Phi) is 8.10. The highest BCUT2D eigenvalue weighted by Crippen LogP contribution is 2.52. The fraction of sp³-hybridized carbons (Fsp3) is 0.0526. The van der Waals surface area contributed by atoms with Gasteiger partial charge in [0.1, 0.15) is 5.82 Å². The molecule has 0 heterocycles. The first-order valence-electron chi connectivity index (χ1n) is 20.4. The highest BCUT2D eigenvalue weighted by atomic mass is 19.1. The Balaban J connectivity index is 1.24. The molecule has 2 heteroatoms. The molecule has 0 aromatic heterocycles. The molecule has 0 atom stereocenters. The van der Waals surface area contributed by atoms with Crippen LogP contribution in [0.5, 0.6) is 0 Å². The van der Waals surface area contributed by atoms with Crippen molar-refractivity contribution < 1.29 is 4.39 Å². The second-order valence-corrected chi connectivity index (χ2v) is 16.2. The summed E-state index contributed by atoms with van der Waals surface area (Å²) in [7, 11) is 0. The number of anilines is 3. The Hall–Kier alpha value is -7.29. The lowest BCUT2D eigenvalue weighted by molar-refractivity contribution is 0.628. The monoisotopic (exact) mass is 757 g/mol. The summed E-state index contributed by atoms with van der Waals surface area (Å²) in [6.45, 7) is 4.63. The van der Waals surface area contributed by atoms with Crippen LogP contribution in [0.1, 0.15) is 25.0 Å². The molecule has 1 nitrogen and oxygen atoms in total. The molecule has 10 aromatic carbocycles. The SMILES string of the molecule is CC1(C)c2ccccc2-c2ccc(N(c3ccc(F)cc3)c3ccc4c(c3)c3ccccc3c3c(-c5ccccc5)cc(-c5ccccc5)c(-c5ccccc5)c43)cc21. The van der Waals surface area contributed by atoms with Crippen LogP contribution < -0.4 is 4.90 Å². The van der Waals surface area contributed by atoms with Crippen molar-refractivity contribution in [3.05, 3.63) is 223 Å². The minimum absolute atomic E-state index is 0.171. The van der Waals surface area contributed by atoms with Crippen LogP contribution in [0.15, 0.2) is 206 Å². The van der Waals surface area contributed by atoms with Gasteiger partial charge in [0, 0.05) is 22.5 Å². The summed E-state index contributed by atoms with van der Waals surface area (Å²) < 4.78 is 14.6. The summed E-state index contributed by atoms with van der Waals surface area (Å²) in [4.78, 5) is 2.28. The van der Waals surface area contributed by atoms with Crippen molar-refractivity contribution in [1.82, 2.24) is 0 Å². The molecule has 0 unspecified atom stereocenters. The molecular weight excluding hydrogens is 718 g/mol. The summed E-state index contributed by atoms with van der Waals surface area (Å²) in [6.07, 6.45) is 0. The van der Waals surface area contributed by atoms with Gasteiger partial charge < -0.3 is 4.90 Å². The van der Waals surface area contributed by atoms with Gasteiger partial charge in [-0.3, -0.25) is 0 Å². The van der Waals surface area contributed by atoms with E-state index < -0.39 is 0 Å². The van der Waals surface area contributed by atoms with Gasteiger partial charge >= 0.3 is 0 Å². The van der Waals surface area contributed by atoms with Crippen molar-refractivity contribution in [3.8, 4) is 44.5 Å². The lowest BCUT2D eigenvalue weighted by Gasteiger charge is -2.29. The van der Waals surface area contributed by atoms with Gasteiger partial charge in [0.2, 0.25) is 0 Å². The first-order valence-corrected chi connectivity index (χ1v) is 20.4. The number of hydrogen-bond acceptors (Lipinski definition) is 1. The van der Waals surface area contributed by atoms with Gasteiger partial charge in [0.05, 0.1) is 0 Å². The van der Waals surface area contributed by atoms with Crippen molar-refractivity contribution in [2.45, 2.75) is 19.3 Å². The molecule has 0 saturated heterocycles. The van der Waals surface area contributed by atoms with Gasteiger partial charge in [0.25, 0.3) is 0 Å². The van der Waals surface area contributed by atoms with Gasteiger partial charge in [-0.05, 0) is 143 Å². The zero-order valence-corrected chi connectivity index (χ0v) is 33.0. The summed E-state index contributed by atoms with van der Waals surface area (Å²) >= 11 is 0. The molecule has 0 radical (unpaired) electrons. The topological polar surface area (TPSA) is 3.24 Å². The largest absolute Gasteiger partial charge is 0.310 e. The van der Waals surface area contributed by atoms with Crippen LogP contribution in [-0.4, -0.2) is 0 Å². The molecule has 59 heavy (non-hydrogen) atoms. The van der Waals surface area contributed by atoms with E-state index >= 15 is 0 Å². The number of hydrogen-bond donors (Lipinski definition) is 0. The van der Waals surface area contributed by atoms with Crippen LogP contribution in [0.3, 0.4) is 0 Å². The predicted molar refractivity (Wildman–Crippen MR) is 247 cm³/mol. The minimum Gasteiger partial charge on any atom is -0.310 e. The van der Waals surface area contributed by atoms with Crippen LogP contribution in [0.25, 0.3) is 76.8 Å². The number of nitrogens with zero attached hydrogens (tertiary/aromatic N) is 1. The second-order valence-electron chi connectivity index (χ2n) is 16.2. The van der Waals surface area contributed by atoms with E-state index in [0.29, 0.717) is 0 Å². The first-order chi connectivity index (χ1) is 29.0. The third kappa shape index (κ3) is 5.59. The van der Waals surface area contributed by atoms with Crippen molar-refractivity contribution in [3.63, 3.8) is 0 Å². The van der Waals surface area contributed by atoms with E-state index in [2.05, 4.69) is 201 Å². The smallest absolute Gasteiger partial charge is 0.123 e. The molecule has 0 bridgehead atoms. The van der Waals surface area contributed by atoms with Crippen LogP contribution in [0.2, 0.25) is 0 Å². The number of benzene rings is 10. The van der Waals surface area contributed by atoms with E-state index in [1.54, 1.807) is 12.1 Å². The lowest BCUT2D eigenvalue weighted by atomic mass is 9.81. The van der Waals surface area contributed by atoms with E-state index in [9.17, 15) is 4.39 Å². The quantitative estimate of drug-likeness (QED) is 0.153. The third-order valence-corrected chi connectivity index (χ3v) is 12.5. The first kappa shape index (κ1) is 34.9. The third-order valence-electron chi connectivity index (χ3n) is 12.5. The molecule has 10 aromatic rings. The maximum Gasteiger partial charge on any atom is 0.123 e. The molecule has 0 saturated carbocycles. The molecule has 0 amide bonds. The summed E-state index contributed by atoms with van der Waals surface area (Å²) in [5.74, 6) is -0.257. The maximum atomic E-state index is 14.6. The maximum absolute atomic E-state index is 14.6. The highest BCUT2D eigenvalue weighted by molar-refractivity contribution is 6.33. The van der Waals surface area contributed by atoms with Gasteiger partial charge in [-0.25, -0.2) is 4.39 Å². The molecule has 11 rings (SSSR count). The van der Waals surface area contributed by atoms with Gasteiger partial charge in [-0.2, -0.15) is 0 Å². The summed E-state index contributed by atoms with van der Waals surface area (Å²) in [5.41, 5.74) is 15.1. The predicted octanol–water partition coefficient (Wildman–Crippen LogP) is 16.1. The zero-order valence-electron chi connectivity index (χ0n) is 33.0. The van der Waals surface area contributed by atoms with Crippen LogP contribution in [-0.2, 0) is 5.41 Å². The summed E-state index contributed by atoms with van der Waals surface area (Å²) in [6, 6.07) is 73.1. The Bertz CT molecular complexity index is 3220. The van der Waals surface area contributed by atoms with Crippen LogP contribution in [0.4, 0.5) is 21.5 Å². The zero-order chi connectivity index (χ0) is 39.7. The van der Waals surface area contributed by atoms with Crippen molar-refractivity contribution in [2.75, 3.05) is 4.90 Å². The Morgan fingerprint density at radius 2 is 0.881 bits per heavy atom. The Labute approximate surface area is 344 Å². The summed E-state index contributed by atoms with van der Waals surface area (Å²) in [5, 5.41) is 7.19. The van der Waals surface area contributed by atoms with E-state index in [1.165, 1.54) is 82.6 Å². The molecule has 0 fully saturated rings. The Morgan fingerprint density at radius 3 is 1.59 bits per heavy atom. The molecule has 1 aliphatic rings. The highest BCUT2D eigenvalue weighted by Gasteiger charge is 2.36. The average Bonchev–Trinajstić information content (AvgIpc) is 3.52. The normalized spacial score (nSPS) is 12.8. The van der Waals surface area contributed by atoms with Gasteiger partial charge in [0.15, 0.2) is 0 Å². The molecule has 1 aliphatic carbocycles. The number of fused-ring (bicyclic) bond motifs is 9. The minimum atomic E-state index is -0.257. The fourth-order valence-electron chi connectivity index (χ4n) is 9.74. The van der Waals surface area contributed by atoms with Crippen molar-refractivity contribution >= 4 is 49.4 Å². The van der Waals surface area contributed by atoms with Crippen LogP contribution >= 0.6 is 0 Å². The number of rotatable bonds is 6. The second kappa shape index (κ2) is 13.7. The van der Waals surface area contributed by atoms with E-state index in [4.69, 9.17) is 0 Å². The van der Waals surface area contributed by atoms with Gasteiger partial charge in [-0.1, -0.05) is 166 Å². The van der Waals surface area contributed by atoms with Crippen LogP contribution in [0, 0.1) is 5.82 Å². The van der Waals surface area contributed by atoms with Crippen molar-refractivity contribution in [2.24, 2.45) is 0 Å². The molecule has 0 spiro atoms. The van der Waals surface area contributed by atoms with E-state index in [-0.39, 0.29) is 11.2 Å². The van der Waals surface area contributed by atoms with E-state index in [1.807, 2.05) is 12.1 Å². The lowest BCUT2D eigenvalue weighted by Crippen LogP contribution is -2.16.